The molecule has 88 valence electrons. The zero-order valence-electron chi connectivity index (χ0n) is 9.91. The minimum absolute atomic E-state index is 0.0937. The van der Waals surface area contributed by atoms with E-state index in [2.05, 4.69) is 5.32 Å². The highest BCUT2D eigenvalue weighted by molar-refractivity contribution is 5.68. The van der Waals surface area contributed by atoms with Crippen LogP contribution in [0, 0.1) is 0 Å². The first kappa shape index (κ1) is 14.0. The van der Waals surface area contributed by atoms with Crippen LogP contribution in [0.15, 0.2) is 12.2 Å². The lowest BCUT2D eigenvalue weighted by atomic mass is 10.2. The molecule has 0 spiro atoms. The van der Waals surface area contributed by atoms with Gasteiger partial charge in [0.15, 0.2) is 0 Å². The zero-order chi connectivity index (χ0) is 11.9. The number of carbonyl (C=O) groups is 1. The molecule has 0 aliphatic rings. The van der Waals surface area contributed by atoms with E-state index in [4.69, 9.17) is 9.84 Å². The van der Waals surface area contributed by atoms with Crippen LogP contribution in [0.1, 0.15) is 34.1 Å². The minimum atomic E-state index is -0.509. The summed E-state index contributed by atoms with van der Waals surface area (Å²) in [5, 5.41) is 11.6. The number of rotatable bonds is 4. The molecule has 0 heterocycles. The molecule has 0 saturated heterocycles. The number of amides is 1. The van der Waals surface area contributed by atoms with E-state index >= 15 is 0 Å². The molecule has 0 bridgehead atoms. The Kier molecular flexibility index (Phi) is 6.01. The van der Waals surface area contributed by atoms with E-state index in [1.807, 2.05) is 19.1 Å². The molecule has 0 rings (SSSR count). The highest BCUT2D eigenvalue weighted by Gasteiger charge is 2.18. The van der Waals surface area contributed by atoms with E-state index in [1.165, 1.54) is 0 Å². The number of nitrogens with one attached hydrogen (secondary N) is 1. The molecule has 1 amide bonds. The monoisotopic (exact) mass is 215 g/mol. The van der Waals surface area contributed by atoms with Crippen molar-refractivity contribution in [1.29, 1.82) is 0 Å². The molecule has 0 aliphatic carbocycles. The van der Waals surface area contributed by atoms with Crippen molar-refractivity contribution in [2.24, 2.45) is 0 Å². The third kappa shape index (κ3) is 8.00. The van der Waals surface area contributed by atoms with E-state index in [1.54, 1.807) is 20.8 Å². The average Bonchev–Trinajstić information content (AvgIpc) is 2.09. The molecule has 15 heavy (non-hydrogen) atoms. The van der Waals surface area contributed by atoms with Crippen LogP contribution in [0.25, 0.3) is 0 Å². The average molecular weight is 215 g/mol. The molecule has 0 fully saturated rings. The van der Waals surface area contributed by atoms with Crippen LogP contribution in [-0.4, -0.2) is 29.4 Å². The van der Waals surface area contributed by atoms with Gasteiger partial charge in [-0.25, -0.2) is 4.79 Å². The molecule has 0 aromatic carbocycles. The van der Waals surface area contributed by atoms with Crippen LogP contribution in [0.5, 0.6) is 0 Å². The molecule has 0 saturated carbocycles. The Labute approximate surface area is 91.3 Å². The van der Waals surface area contributed by atoms with E-state index in [0.717, 1.165) is 0 Å². The standard InChI is InChI=1S/C11H21NO3/c1-5-6-7-9(8-13)12-10(14)15-11(2,3)4/h5-6,9,13H,7-8H2,1-4H3,(H,12,14)/t9-/m0/s1. The maximum atomic E-state index is 11.3. The molecular formula is C11H21NO3. The second kappa shape index (κ2) is 6.45. The van der Waals surface area contributed by atoms with Gasteiger partial charge in [0.05, 0.1) is 12.6 Å². The van der Waals surface area contributed by atoms with Crippen molar-refractivity contribution in [2.45, 2.75) is 45.8 Å². The molecule has 4 heteroatoms. The number of hydrogen-bond donors (Lipinski definition) is 2. The van der Waals surface area contributed by atoms with Crippen LogP contribution in [0.3, 0.4) is 0 Å². The van der Waals surface area contributed by atoms with Gasteiger partial charge in [0.25, 0.3) is 0 Å². The second-order valence-corrected chi connectivity index (χ2v) is 4.33. The van der Waals surface area contributed by atoms with Gasteiger partial charge < -0.3 is 15.2 Å². The number of hydrogen-bond acceptors (Lipinski definition) is 3. The largest absolute Gasteiger partial charge is 0.444 e. The molecule has 1 atom stereocenters. The van der Waals surface area contributed by atoms with Crippen LogP contribution in [0.2, 0.25) is 0 Å². The number of aliphatic hydroxyl groups is 1. The summed E-state index contributed by atoms with van der Waals surface area (Å²) < 4.78 is 5.06. The predicted octanol–water partition coefficient (Wildman–Crippen LogP) is 1.84. The summed E-state index contributed by atoms with van der Waals surface area (Å²) in [6.07, 6.45) is 3.87. The number of allylic oxidation sites excluding steroid dienone is 1. The van der Waals surface area contributed by atoms with Gasteiger partial charge in [-0.2, -0.15) is 0 Å². The Bertz CT molecular complexity index is 218. The Morgan fingerprint density at radius 1 is 1.53 bits per heavy atom. The van der Waals surface area contributed by atoms with Gasteiger partial charge in [-0.05, 0) is 34.1 Å². The zero-order valence-corrected chi connectivity index (χ0v) is 9.91. The normalized spacial score (nSPS) is 13.9. The number of alkyl carbamates (subject to hydrolysis) is 1. The van der Waals surface area contributed by atoms with Gasteiger partial charge in [0, 0.05) is 0 Å². The fourth-order valence-electron chi connectivity index (χ4n) is 0.954. The van der Waals surface area contributed by atoms with Gasteiger partial charge in [-0.15, -0.1) is 0 Å². The maximum absolute atomic E-state index is 11.3. The number of aliphatic hydroxyl groups excluding tert-OH is 1. The minimum Gasteiger partial charge on any atom is -0.444 e. The van der Waals surface area contributed by atoms with Crippen LogP contribution < -0.4 is 5.32 Å². The van der Waals surface area contributed by atoms with E-state index in [9.17, 15) is 4.79 Å². The van der Waals surface area contributed by atoms with Crippen LogP contribution in [-0.2, 0) is 4.74 Å². The number of carbonyl (C=O) groups excluding carboxylic acids is 1. The molecule has 4 nitrogen and oxygen atoms in total. The highest BCUT2D eigenvalue weighted by Crippen LogP contribution is 2.07. The summed E-state index contributed by atoms with van der Waals surface area (Å²) in [6, 6.07) is -0.281. The van der Waals surface area contributed by atoms with Crippen molar-refractivity contribution in [3.8, 4) is 0 Å². The van der Waals surface area contributed by atoms with Crippen LogP contribution >= 0.6 is 0 Å². The van der Waals surface area contributed by atoms with Crippen LogP contribution in [0.4, 0.5) is 4.79 Å². The third-order valence-corrected chi connectivity index (χ3v) is 1.60. The first-order valence-corrected chi connectivity index (χ1v) is 5.10. The predicted molar refractivity (Wildman–Crippen MR) is 59.7 cm³/mol. The summed E-state index contributed by atoms with van der Waals surface area (Å²) in [5.74, 6) is 0. The van der Waals surface area contributed by atoms with Gasteiger partial charge in [-0.1, -0.05) is 12.2 Å². The van der Waals surface area contributed by atoms with E-state index in [0.29, 0.717) is 6.42 Å². The smallest absolute Gasteiger partial charge is 0.407 e. The van der Waals surface area contributed by atoms with Gasteiger partial charge in [0.1, 0.15) is 5.60 Å². The van der Waals surface area contributed by atoms with Gasteiger partial charge in [0.2, 0.25) is 0 Å². The van der Waals surface area contributed by atoms with Gasteiger partial charge >= 0.3 is 6.09 Å². The van der Waals surface area contributed by atoms with Crippen molar-refractivity contribution in [2.75, 3.05) is 6.61 Å². The van der Waals surface area contributed by atoms with Crippen molar-refractivity contribution < 1.29 is 14.6 Å². The van der Waals surface area contributed by atoms with Crippen molar-refractivity contribution >= 4 is 6.09 Å². The fourth-order valence-corrected chi connectivity index (χ4v) is 0.954. The Morgan fingerprint density at radius 3 is 2.53 bits per heavy atom. The summed E-state index contributed by atoms with van der Waals surface area (Å²) in [7, 11) is 0. The second-order valence-electron chi connectivity index (χ2n) is 4.33. The van der Waals surface area contributed by atoms with E-state index < -0.39 is 11.7 Å². The van der Waals surface area contributed by atoms with E-state index in [-0.39, 0.29) is 12.6 Å². The SMILES string of the molecule is CC=CC[C@@H](CO)NC(=O)OC(C)(C)C. The van der Waals surface area contributed by atoms with Crippen molar-refractivity contribution in [3.63, 3.8) is 0 Å². The fraction of sp³-hybridized carbons (Fsp3) is 0.727. The summed E-state index contributed by atoms with van der Waals surface area (Å²) in [4.78, 5) is 11.3. The Morgan fingerprint density at radius 2 is 2.13 bits per heavy atom. The first-order valence-electron chi connectivity index (χ1n) is 5.10. The summed E-state index contributed by atoms with van der Waals surface area (Å²) in [5.41, 5.74) is -0.509. The Hall–Kier alpha value is -1.03. The molecular weight excluding hydrogens is 194 g/mol. The molecule has 0 aromatic heterocycles. The molecule has 0 radical (unpaired) electrons. The lowest BCUT2D eigenvalue weighted by Crippen LogP contribution is -2.40. The Balaban J connectivity index is 4.01. The molecule has 0 aliphatic heterocycles. The van der Waals surface area contributed by atoms with Crippen molar-refractivity contribution in [1.82, 2.24) is 5.32 Å². The highest BCUT2D eigenvalue weighted by atomic mass is 16.6. The molecule has 2 N–H and O–H groups in total. The number of ether oxygens (including phenoxy) is 1. The maximum Gasteiger partial charge on any atom is 0.407 e. The van der Waals surface area contributed by atoms with Gasteiger partial charge in [-0.3, -0.25) is 0 Å². The molecule has 0 unspecified atom stereocenters. The first-order chi connectivity index (χ1) is 6.89. The summed E-state index contributed by atoms with van der Waals surface area (Å²) >= 11 is 0. The third-order valence-electron chi connectivity index (χ3n) is 1.60. The lowest BCUT2D eigenvalue weighted by Gasteiger charge is -2.22. The lowest BCUT2D eigenvalue weighted by molar-refractivity contribution is 0.0483. The molecule has 0 aromatic rings. The quantitative estimate of drug-likeness (QED) is 0.703. The van der Waals surface area contributed by atoms with Crippen molar-refractivity contribution in [3.05, 3.63) is 12.2 Å². The summed E-state index contributed by atoms with van der Waals surface area (Å²) in [6.45, 7) is 7.19. The topological polar surface area (TPSA) is 58.6 Å².